The number of hydrogen-bond donors (Lipinski definition) is 0. The third-order valence-corrected chi connectivity index (χ3v) is 15.4. The molecule has 1 aliphatic carbocycles. The Bertz CT molecular complexity index is 1080. The summed E-state index contributed by atoms with van der Waals surface area (Å²) in [7, 11) is 10.6. The summed E-state index contributed by atoms with van der Waals surface area (Å²) in [6, 6.07) is 42.6. The summed E-state index contributed by atoms with van der Waals surface area (Å²) in [5.41, 5.74) is 0.259. The third kappa shape index (κ3) is 4.89. The van der Waals surface area contributed by atoms with Crippen LogP contribution in [-0.4, -0.2) is 26.4 Å². The minimum absolute atomic E-state index is 0.129. The lowest BCUT2D eigenvalue weighted by molar-refractivity contribution is 0.871. The normalized spacial score (nSPS) is 17.0. The van der Waals surface area contributed by atoms with Crippen molar-refractivity contribution in [2.24, 2.45) is 0 Å². The lowest BCUT2D eigenvalue weighted by atomic mass is 9.90. The summed E-state index contributed by atoms with van der Waals surface area (Å²) in [5.74, 6) is 2.61. The average Bonchev–Trinajstić information content (AvgIpc) is 3.47. The van der Waals surface area contributed by atoms with E-state index in [0.29, 0.717) is 0 Å². The van der Waals surface area contributed by atoms with Crippen LogP contribution >= 0.6 is 14.3 Å². The first-order valence-corrected chi connectivity index (χ1v) is 16.7. The maximum absolute atomic E-state index is 7.56. The molecule has 0 aromatic heterocycles. The highest BCUT2D eigenvalue weighted by molar-refractivity contribution is 8.09. The highest BCUT2D eigenvalue weighted by atomic mass is 31.2. The first-order chi connectivity index (χ1) is 18.0. The van der Waals surface area contributed by atoms with Crippen LogP contribution in [-0.2, 0) is 0 Å². The Kier molecular flexibility index (Phi) is 8.10. The van der Waals surface area contributed by atoms with E-state index in [0.717, 1.165) is 0 Å². The van der Waals surface area contributed by atoms with Gasteiger partial charge < -0.3 is 0 Å². The maximum Gasteiger partial charge on any atom is 0.0469 e. The van der Waals surface area contributed by atoms with E-state index >= 15 is 0 Å². The van der Waals surface area contributed by atoms with E-state index in [4.69, 9.17) is 15.1 Å². The summed E-state index contributed by atoms with van der Waals surface area (Å²) >= 11 is 0. The SMILES string of the molecule is [B-][P+](c1ccccc1)(c1ccccc1)[C@@H](C)[C]1[CH][CH][CH][C]1[C@H](C)[P+]([B-])(c1ccccc1)c1ccccc1. The van der Waals surface area contributed by atoms with E-state index in [1.807, 2.05) is 0 Å². The highest BCUT2D eigenvalue weighted by Crippen LogP contribution is 2.67. The minimum Gasteiger partial charge on any atom is -0.291 e. The first kappa shape index (κ1) is 26.5. The van der Waals surface area contributed by atoms with Gasteiger partial charge in [0.1, 0.15) is 0 Å². The first-order valence-electron chi connectivity index (χ1n) is 12.8. The molecule has 0 unspecified atom stereocenters. The maximum atomic E-state index is 7.56. The van der Waals surface area contributed by atoms with Crippen molar-refractivity contribution in [3.63, 3.8) is 0 Å². The Hall–Kier alpha value is -2.13. The van der Waals surface area contributed by atoms with Gasteiger partial charge in [-0.3, -0.25) is 15.1 Å². The van der Waals surface area contributed by atoms with Gasteiger partial charge in [0.15, 0.2) is 0 Å². The minimum atomic E-state index is -2.25. The fraction of sp³-hybridized carbons (Fsp3) is 0.121. The van der Waals surface area contributed by atoms with Crippen molar-refractivity contribution in [2.45, 2.75) is 25.2 Å². The van der Waals surface area contributed by atoms with Gasteiger partial charge in [0.25, 0.3) is 0 Å². The summed E-state index contributed by atoms with van der Waals surface area (Å²) < 4.78 is 0. The zero-order valence-corrected chi connectivity index (χ0v) is 23.3. The Morgan fingerprint density at radius 2 is 0.676 bits per heavy atom. The van der Waals surface area contributed by atoms with Gasteiger partial charge in [0.2, 0.25) is 0 Å². The van der Waals surface area contributed by atoms with Crippen LogP contribution in [0, 0.1) is 31.1 Å². The highest BCUT2D eigenvalue weighted by Gasteiger charge is 2.48. The second-order valence-electron chi connectivity index (χ2n) is 9.69. The number of hydrogen-bond acceptors (Lipinski definition) is 0. The molecule has 179 valence electrons. The molecule has 0 bridgehead atoms. The molecular weight excluding hydrogens is 480 g/mol. The summed E-state index contributed by atoms with van der Waals surface area (Å²) in [5, 5.41) is 4.86. The smallest absolute Gasteiger partial charge is 0.0469 e. The van der Waals surface area contributed by atoms with Crippen molar-refractivity contribution in [2.75, 3.05) is 0 Å². The average molecular weight is 511 g/mol. The third-order valence-electron chi connectivity index (χ3n) is 7.74. The van der Waals surface area contributed by atoms with Gasteiger partial charge in [-0.15, -0.1) is 0 Å². The predicted octanol–water partition coefficient (Wildman–Crippen LogP) is 6.04. The van der Waals surface area contributed by atoms with Gasteiger partial charge in [0.05, 0.1) is 0 Å². The van der Waals surface area contributed by atoms with Crippen LogP contribution < -0.4 is 21.2 Å². The largest absolute Gasteiger partial charge is 0.291 e. The van der Waals surface area contributed by atoms with E-state index < -0.39 is 14.3 Å². The lowest BCUT2D eigenvalue weighted by Gasteiger charge is -2.49. The molecule has 4 aromatic rings. The van der Waals surface area contributed by atoms with Gasteiger partial charge in [0, 0.05) is 44.4 Å². The van der Waals surface area contributed by atoms with E-state index in [1.54, 1.807) is 0 Å². The van der Waals surface area contributed by atoms with E-state index in [1.165, 1.54) is 33.1 Å². The molecule has 0 heterocycles. The van der Waals surface area contributed by atoms with Crippen LogP contribution in [0.25, 0.3) is 0 Å². The van der Waals surface area contributed by atoms with Crippen LogP contribution in [0.3, 0.4) is 0 Å². The number of rotatable bonds is 8. The second-order valence-corrected chi connectivity index (χ2v) is 16.4. The zero-order chi connectivity index (χ0) is 25.9. The number of benzene rings is 4. The van der Waals surface area contributed by atoms with Crippen molar-refractivity contribution >= 4 is 50.6 Å². The Morgan fingerprint density at radius 1 is 0.432 bits per heavy atom. The molecule has 0 N–H and O–H groups in total. The molecule has 4 heteroatoms. The summed E-state index contributed by atoms with van der Waals surface area (Å²) in [6.07, 6.45) is 6.72. The molecule has 5 rings (SSSR count). The quantitative estimate of drug-likeness (QED) is 0.200. The van der Waals surface area contributed by atoms with Gasteiger partial charge in [-0.2, -0.15) is 14.3 Å². The molecule has 1 saturated carbocycles. The van der Waals surface area contributed by atoms with Crippen molar-refractivity contribution in [1.82, 2.24) is 0 Å². The molecule has 11 radical (unpaired) electrons. The van der Waals surface area contributed by atoms with Gasteiger partial charge >= 0.3 is 0 Å². The molecular formula is C33H31B2P2. The van der Waals surface area contributed by atoms with Crippen LogP contribution in [0.2, 0.25) is 0 Å². The zero-order valence-electron chi connectivity index (χ0n) is 21.5. The second kappa shape index (κ2) is 11.3. The molecule has 1 fully saturated rings. The fourth-order valence-corrected chi connectivity index (χ4v) is 11.9. The monoisotopic (exact) mass is 511 g/mol. The van der Waals surface area contributed by atoms with E-state index in [2.05, 4.69) is 154 Å². The van der Waals surface area contributed by atoms with E-state index in [-0.39, 0.29) is 11.3 Å². The molecule has 4 aromatic carbocycles. The molecule has 0 saturated heterocycles. The van der Waals surface area contributed by atoms with E-state index in [9.17, 15) is 0 Å². The predicted molar refractivity (Wildman–Crippen MR) is 168 cm³/mol. The van der Waals surface area contributed by atoms with Crippen molar-refractivity contribution in [3.05, 3.63) is 152 Å². The Morgan fingerprint density at radius 3 is 0.919 bits per heavy atom. The van der Waals surface area contributed by atoms with Crippen LogP contribution in [0.1, 0.15) is 13.8 Å². The molecule has 1 aliphatic rings. The molecule has 0 spiro atoms. The molecule has 37 heavy (non-hydrogen) atoms. The van der Waals surface area contributed by atoms with Crippen molar-refractivity contribution < 1.29 is 0 Å². The molecule has 2 atom stereocenters. The van der Waals surface area contributed by atoms with Crippen LogP contribution in [0.5, 0.6) is 0 Å². The van der Waals surface area contributed by atoms with Crippen molar-refractivity contribution in [1.29, 1.82) is 0 Å². The van der Waals surface area contributed by atoms with Gasteiger partial charge in [-0.05, 0) is 81.6 Å². The van der Waals surface area contributed by atoms with Gasteiger partial charge in [-0.25, -0.2) is 0 Å². The topological polar surface area (TPSA) is 0 Å². The molecule has 0 amide bonds. The molecule has 0 aliphatic heterocycles. The summed E-state index contributed by atoms with van der Waals surface area (Å²) in [4.78, 5) is 0. The van der Waals surface area contributed by atoms with Crippen molar-refractivity contribution in [3.8, 4) is 0 Å². The summed E-state index contributed by atoms with van der Waals surface area (Å²) in [6.45, 7) is 4.61. The fourth-order valence-electron chi connectivity index (χ4n) is 5.54. The van der Waals surface area contributed by atoms with Gasteiger partial charge in [-0.1, -0.05) is 72.8 Å². The Balaban J connectivity index is 1.57. The standard InChI is InChI=1S/C33H31B2P2/c1-26(36(34,28-16-7-3-8-17-28)29-18-9-4-10-19-29)32-24-15-25-33(32)27(2)37(35,30-20-11-5-12-21-30)31-22-13-6-14-23-31/h3-27H,1-2H3/t26-,27-/m0/s1. The lowest BCUT2D eigenvalue weighted by Crippen LogP contribution is -2.39. The van der Waals surface area contributed by atoms with Crippen LogP contribution in [0.15, 0.2) is 121 Å². The Labute approximate surface area is 227 Å². The molecule has 0 nitrogen and oxygen atoms in total. The van der Waals surface area contributed by atoms with Crippen LogP contribution in [0.4, 0.5) is 0 Å².